The van der Waals surface area contributed by atoms with E-state index >= 15 is 0 Å². The van der Waals surface area contributed by atoms with E-state index < -0.39 is 35.0 Å². The van der Waals surface area contributed by atoms with Crippen molar-refractivity contribution in [3.8, 4) is 11.8 Å². The first-order valence-electron chi connectivity index (χ1n) is 15.2. The second-order valence-corrected chi connectivity index (χ2v) is 12.2. The van der Waals surface area contributed by atoms with E-state index in [0.29, 0.717) is 37.4 Å². The van der Waals surface area contributed by atoms with E-state index in [1.165, 1.54) is 4.90 Å². The lowest BCUT2D eigenvalue weighted by Gasteiger charge is -2.47. The fraction of sp³-hybridized carbons (Fsp3) is 0.643. The number of hydrogen-bond donors (Lipinski definition) is 2. The van der Waals surface area contributed by atoms with E-state index in [1.54, 1.807) is 0 Å². The van der Waals surface area contributed by atoms with Crippen molar-refractivity contribution >= 4 is 23.1 Å². The molecule has 7 heterocycles. The van der Waals surface area contributed by atoms with Gasteiger partial charge in [-0.3, -0.25) is 4.90 Å². The first-order chi connectivity index (χ1) is 20.3. The minimum Gasteiger partial charge on any atom is -0.508 e. The quantitative estimate of drug-likeness (QED) is 0.493. The third-order valence-electron chi connectivity index (χ3n) is 9.26. The van der Waals surface area contributed by atoms with Crippen LogP contribution in [0.3, 0.4) is 0 Å². The van der Waals surface area contributed by atoms with Crippen LogP contribution in [0.4, 0.5) is 29.1 Å². The molecule has 2 N–H and O–H groups in total. The number of nitrogens with one attached hydrogen (secondary N) is 1. The molecule has 2 bridgehead atoms. The molecular weight excluding hydrogens is 564 g/mol. The van der Waals surface area contributed by atoms with E-state index in [9.17, 15) is 22.7 Å². The summed E-state index contributed by atoms with van der Waals surface area (Å²) in [4.78, 5) is 14.8. The van der Waals surface area contributed by atoms with Gasteiger partial charge in [0.1, 0.15) is 24.3 Å². The van der Waals surface area contributed by atoms with E-state index in [0.717, 1.165) is 43.5 Å². The number of piperidine rings is 2. The van der Waals surface area contributed by atoms with Gasteiger partial charge in [0.25, 0.3) is 0 Å². The van der Waals surface area contributed by atoms with Crippen LogP contribution in [-0.4, -0.2) is 83.1 Å². The third kappa shape index (κ3) is 4.85. The highest BCUT2D eigenvalue weighted by Crippen LogP contribution is 2.45. The molecule has 1 aromatic carbocycles. The van der Waals surface area contributed by atoms with Crippen LogP contribution in [-0.2, 0) is 19.1 Å². The van der Waals surface area contributed by atoms with Crippen LogP contribution in [0.15, 0.2) is 12.1 Å². The van der Waals surface area contributed by atoms with Gasteiger partial charge in [-0.2, -0.15) is 23.1 Å². The first kappa shape index (κ1) is 25.0. The number of piperazine rings is 1. The number of benzene rings is 1. The van der Waals surface area contributed by atoms with Crippen LogP contribution in [0.5, 0.6) is 11.8 Å². The Balaban J connectivity index is 1.28. The van der Waals surface area contributed by atoms with Crippen LogP contribution >= 0.6 is 11.6 Å². The van der Waals surface area contributed by atoms with E-state index in [1.807, 2.05) is 4.90 Å². The molecule has 5 saturated heterocycles. The predicted octanol–water partition coefficient (Wildman–Crippen LogP) is 4.31. The molecule has 0 radical (unpaired) electrons. The molecule has 4 atom stereocenters. The number of fused-ring (bicyclic) bond motifs is 5. The molecule has 0 amide bonds. The van der Waals surface area contributed by atoms with E-state index in [2.05, 4.69) is 15.2 Å². The molecule has 222 valence electrons. The van der Waals surface area contributed by atoms with Gasteiger partial charge >= 0.3 is 12.2 Å². The molecule has 0 saturated carbocycles. The zero-order valence-corrected chi connectivity index (χ0v) is 23.1. The molecule has 6 aliphatic rings. The fourth-order valence-electron chi connectivity index (χ4n) is 7.35. The number of ether oxygens (including phenoxy) is 1. The lowest BCUT2D eigenvalue weighted by molar-refractivity contribution is -0.137. The predicted molar refractivity (Wildman–Crippen MR) is 146 cm³/mol. The molecule has 5 fully saturated rings. The number of hydrogen-bond acceptors (Lipinski definition) is 8. The summed E-state index contributed by atoms with van der Waals surface area (Å²) in [5, 5.41) is 13.0. The topological polar surface area (TPSA) is 77.0 Å². The van der Waals surface area contributed by atoms with Crippen molar-refractivity contribution in [1.82, 2.24) is 20.2 Å². The summed E-state index contributed by atoms with van der Waals surface area (Å²) < 4.78 is 80.7. The van der Waals surface area contributed by atoms with Crippen molar-refractivity contribution in [2.45, 2.75) is 75.0 Å². The Morgan fingerprint density at radius 2 is 2.07 bits per heavy atom. The summed E-state index contributed by atoms with van der Waals surface area (Å²) in [6.07, 6.45) is -2.46. The number of rotatable bonds is 5. The van der Waals surface area contributed by atoms with Crippen molar-refractivity contribution in [2.75, 3.05) is 49.1 Å². The summed E-state index contributed by atoms with van der Waals surface area (Å²) >= 11 is 5.98. The third-order valence-corrected chi connectivity index (χ3v) is 9.55. The maximum atomic E-state index is 14.5. The Kier molecular flexibility index (Phi) is 6.10. The number of anilines is 2. The minimum atomic E-state index is -4.76. The molecule has 0 aliphatic carbocycles. The molecule has 13 heteroatoms. The molecular formula is C28H33ClF4N6O2. The van der Waals surface area contributed by atoms with Gasteiger partial charge in [0, 0.05) is 56.3 Å². The SMILES string of the molecule is [2H]C([2H])(Oc1nc2c(c(N3CC4CCC3CN4)n1)CCN(c1cc(O)cc(Cl)c1C(F)(F)F)C2)[C@@]12CCCN1C[C@H](F)C2. The van der Waals surface area contributed by atoms with Crippen LogP contribution in [0, 0.1) is 0 Å². The Hall–Kier alpha value is -2.57. The van der Waals surface area contributed by atoms with Crippen molar-refractivity contribution in [3.63, 3.8) is 0 Å². The molecule has 8 rings (SSSR count). The summed E-state index contributed by atoms with van der Waals surface area (Å²) in [7, 11) is 0. The lowest BCUT2D eigenvalue weighted by Crippen LogP contribution is -2.61. The Bertz CT molecular complexity index is 1430. The van der Waals surface area contributed by atoms with Gasteiger partial charge in [-0.15, -0.1) is 0 Å². The summed E-state index contributed by atoms with van der Waals surface area (Å²) in [6.45, 7) is -0.00117. The van der Waals surface area contributed by atoms with Crippen LogP contribution < -0.4 is 19.9 Å². The molecule has 2 unspecified atom stereocenters. The number of halogens is 5. The average Bonchev–Trinajstić information content (AvgIpc) is 3.49. The van der Waals surface area contributed by atoms with Crippen molar-refractivity contribution in [3.05, 3.63) is 34.0 Å². The maximum absolute atomic E-state index is 14.5. The smallest absolute Gasteiger partial charge is 0.419 e. The maximum Gasteiger partial charge on any atom is 0.419 e. The lowest BCUT2D eigenvalue weighted by atomic mass is 9.92. The number of phenols is 1. The molecule has 6 aliphatic heterocycles. The van der Waals surface area contributed by atoms with Crippen LogP contribution in [0.2, 0.25) is 5.02 Å². The van der Waals surface area contributed by atoms with Crippen LogP contribution in [0.25, 0.3) is 0 Å². The number of nitrogens with zero attached hydrogens (tertiary/aromatic N) is 5. The van der Waals surface area contributed by atoms with Gasteiger partial charge in [-0.1, -0.05) is 11.6 Å². The molecule has 0 spiro atoms. The largest absolute Gasteiger partial charge is 0.508 e. The summed E-state index contributed by atoms with van der Waals surface area (Å²) in [5.41, 5.74) is -1.25. The first-order valence-corrected chi connectivity index (χ1v) is 14.5. The second-order valence-electron chi connectivity index (χ2n) is 11.8. The van der Waals surface area contributed by atoms with Crippen molar-refractivity contribution in [1.29, 1.82) is 0 Å². The highest BCUT2D eigenvalue weighted by molar-refractivity contribution is 6.32. The molecule has 1 aromatic heterocycles. The highest BCUT2D eigenvalue weighted by atomic mass is 35.5. The number of aromatic hydroxyl groups is 1. The number of alkyl halides is 4. The van der Waals surface area contributed by atoms with E-state index in [4.69, 9.17) is 24.1 Å². The number of phenolic OH excluding ortho intramolecular Hbond substituents is 1. The van der Waals surface area contributed by atoms with Crippen molar-refractivity contribution < 1.29 is 30.1 Å². The van der Waals surface area contributed by atoms with Gasteiger partial charge in [0.2, 0.25) is 0 Å². The fourth-order valence-corrected chi connectivity index (χ4v) is 7.67. The van der Waals surface area contributed by atoms with Gasteiger partial charge in [0.05, 0.1) is 36.8 Å². The zero-order chi connectivity index (χ0) is 30.3. The monoisotopic (exact) mass is 598 g/mol. The zero-order valence-electron chi connectivity index (χ0n) is 24.4. The standard InChI is InChI=1S/C28H33ClF4N6O2/c29-21-8-19(40)9-23(24(21)28(31,32)33)37-7-4-20-22(14-37)35-26(36-25(20)39-13-17-2-3-18(39)11-34-17)41-15-27-5-1-6-38(27)12-16(30)10-27/h8-9,16-18,34,40H,1-7,10-15H2/t16-,17?,18?,27+/m1/s1/i15D2. The van der Waals surface area contributed by atoms with Crippen LogP contribution in [0.1, 0.15) is 51.7 Å². The second kappa shape index (κ2) is 10.0. The van der Waals surface area contributed by atoms with Crippen molar-refractivity contribution in [2.24, 2.45) is 0 Å². The minimum absolute atomic E-state index is 0.00556. The van der Waals surface area contributed by atoms with Gasteiger partial charge in [0.15, 0.2) is 0 Å². The van der Waals surface area contributed by atoms with Gasteiger partial charge < -0.3 is 25.0 Å². The molecule has 8 nitrogen and oxygen atoms in total. The van der Waals surface area contributed by atoms with Gasteiger partial charge in [-0.05, 0) is 44.7 Å². The Morgan fingerprint density at radius 1 is 1.22 bits per heavy atom. The highest BCUT2D eigenvalue weighted by Gasteiger charge is 2.49. The average molecular weight is 599 g/mol. The van der Waals surface area contributed by atoms with Gasteiger partial charge in [-0.25, -0.2) is 4.39 Å². The normalized spacial score (nSPS) is 30.7. The summed E-state index contributed by atoms with van der Waals surface area (Å²) in [6, 6.07) is 2.12. The number of aromatic nitrogens is 2. The summed E-state index contributed by atoms with van der Waals surface area (Å²) in [5.74, 6) is 0.214. The van der Waals surface area contributed by atoms with E-state index in [-0.39, 0.29) is 55.6 Å². The Labute approximate surface area is 243 Å². The molecule has 2 aromatic rings. The Morgan fingerprint density at radius 3 is 2.80 bits per heavy atom. The molecule has 41 heavy (non-hydrogen) atoms.